The summed E-state index contributed by atoms with van der Waals surface area (Å²) in [6, 6.07) is 0. The van der Waals surface area contributed by atoms with Crippen LogP contribution in [0.15, 0.2) is 0 Å². The van der Waals surface area contributed by atoms with Gasteiger partial charge in [-0.05, 0) is 20.0 Å². The summed E-state index contributed by atoms with van der Waals surface area (Å²) in [6.45, 7) is 5.28. The molecular weight excluding hydrogens is 192 g/mol. The molecule has 88 valence electrons. The summed E-state index contributed by atoms with van der Waals surface area (Å²) in [7, 11) is 1.88. The van der Waals surface area contributed by atoms with E-state index in [2.05, 4.69) is 10.6 Å². The molecule has 0 rings (SSSR count). The van der Waals surface area contributed by atoms with Crippen LogP contribution in [0.3, 0.4) is 0 Å². The quantitative estimate of drug-likeness (QED) is 0.585. The van der Waals surface area contributed by atoms with Crippen LogP contribution in [0.25, 0.3) is 0 Å². The SMILES string of the molecule is CNCCCNC(=O)CCC(=O)C(C)C. The van der Waals surface area contributed by atoms with Crippen molar-refractivity contribution in [2.45, 2.75) is 33.1 Å². The van der Waals surface area contributed by atoms with Crippen molar-refractivity contribution < 1.29 is 9.59 Å². The third-order valence-electron chi connectivity index (χ3n) is 2.17. The van der Waals surface area contributed by atoms with Crippen molar-refractivity contribution in [3.8, 4) is 0 Å². The Bertz CT molecular complexity index is 203. The Morgan fingerprint density at radius 1 is 1.13 bits per heavy atom. The molecule has 0 fully saturated rings. The highest BCUT2D eigenvalue weighted by molar-refractivity contribution is 5.85. The van der Waals surface area contributed by atoms with E-state index >= 15 is 0 Å². The van der Waals surface area contributed by atoms with Gasteiger partial charge >= 0.3 is 0 Å². The first-order valence-corrected chi connectivity index (χ1v) is 5.52. The number of carbonyl (C=O) groups is 2. The standard InChI is InChI=1S/C11H22N2O2/c1-9(2)10(14)5-6-11(15)13-8-4-7-12-3/h9,12H,4-8H2,1-3H3,(H,13,15). The van der Waals surface area contributed by atoms with Crippen LogP contribution >= 0.6 is 0 Å². The first kappa shape index (κ1) is 14.1. The van der Waals surface area contributed by atoms with E-state index in [4.69, 9.17) is 0 Å². The second kappa shape index (κ2) is 8.41. The number of carbonyl (C=O) groups excluding carboxylic acids is 2. The zero-order chi connectivity index (χ0) is 11.7. The van der Waals surface area contributed by atoms with Gasteiger partial charge in [-0.3, -0.25) is 9.59 Å². The molecule has 2 N–H and O–H groups in total. The fourth-order valence-electron chi connectivity index (χ4n) is 1.11. The molecule has 0 aromatic carbocycles. The molecule has 0 bridgehead atoms. The normalized spacial score (nSPS) is 10.4. The van der Waals surface area contributed by atoms with E-state index in [1.807, 2.05) is 20.9 Å². The van der Waals surface area contributed by atoms with Crippen LogP contribution < -0.4 is 10.6 Å². The number of hydrogen-bond acceptors (Lipinski definition) is 3. The molecule has 0 spiro atoms. The molecule has 0 aliphatic heterocycles. The molecule has 0 aromatic heterocycles. The average molecular weight is 214 g/mol. The van der Waals surface area contributed by atoms with Crippen molar-refractivity contribution >= 4 is 11.7 Å². The fourth-order valence-corrected chi connectivity index (χ4v) is 1.11. The minimum Gasteiger partial charge on any atom is -0.356 e. The van der Waals surface area contributed by atoms with Crippen LogP contribution in [0.2, 0.25) is 0 Å². The van der Waals surface area contributed by atoms with Crippen LogP contribution in [0.1, 0.15) is 33.1 Å². The Labute approximate surface area is 91.8 Å². The third kappa shape index (κ3) is 8.12. The molecule has 0 unspecified atom stereocenters. The van der Waals surface area contributed by atoms with Gasteiger partial charge in [-0.2, -0.15) is 0 Å². The molecule has 0 saturated carbocycles. The summed E-state index contributed by atoms with van der Waals surface area (Å²) in [5.41, 5.74) is 0. The molecule has 0 aromatic rings. The van der Waals surface area contributed by atoms with E-state index in [1.165, 1.54) is 0 Å². The first-order chi connectivity index (χ1) is 7.07. The summed E-state index contributed by atoms with van der Waals surface area (Å²) in [5.74, 6) is 0.155. The highest BCUT2D eigenvalue weighted by Gasteiger charge is 2.09. The number of nitrogens with one attached hydrogen (secondary N) is 2. The highest BCUT2D eigenvalue weighted by atomic mass is 16.2. The topological polar surface area (TPSA) is 58.2 Å². The van der Waals surface area contributed by atoms with Gasteiger partial charge in [-0.15, -0.1) is 0 Å². The minimum absolute atomic E-state index is 0.0277. The predicted molar refractivity (Wildman–Crippen MR) is 60.6 cm³/mol. The predicted octanol–water partition coefficient (Wildman–Crippen LogP) is 0.717. The third-order valence-corrected chi connectivity index (χ3v) is 2.17. The molecule has 0 saturated heterocycles. The second-order valence-electron chi connectivity index (χ2n) is 3.93. The summed E-state index contributed by atoms with van der Waals surface area (Å²) < 4.78 is 0. The van der Waals surface area contributed by atoms with Gasteiger partial charge in [0.25, 0.3) is 0 Å². The lowest BCUT2D eigenvalue weighted by Gasteiger charge is -2.05. The molecule has 0 heterocycles. The van der Waals surface area contributed by atoms with Gasteiger partial charge < -0.3 is 10.6 Å². The van der Waals surface area contributed by atoms with Crippen molar-refractivity contribution in [3.05, 3.63) is 0 Å². The Morgan fingerprint density at radius 3 is 2.33 bits per heavy atom. The van der Waals surface area contributed by atoms with Gasteiger partial charge in [0, 0.05) is 25.3 Å². The maximum Gasteiger partial charge on any atom is 0.220 e. The number of Topliss-reactive ketones (excluding diaryl/α,β-unsaturated/α-hetero) is 1. The van der Waals surface area contributed by atoms with Gasteiger partial charge in [0.2, 0.25) is 5.91 Å². The van der Waals surface area contributed by atoms with Crippen LogP contribution in [0.4, 0.5) is 0 Å². The Hall–Kier alpha value is -0.900. The van der Waals surface area contributed by atoms with E-state index in [1.54, 1.807) is 0 Å². The number of hydrogen-bond donors (Lipinski definition) is 2. The molecule has 4 heteroatoms. The lowest BCUT2D eigenvalue weighted by Crippen LogP contribution is -2.27. The Kier molecular flexibility index (Phi) is 7.91. The van der Waals surface area contributed by atoms with Gasteiger partial charge in [0.15, 0.2) is 0 Å². The maximum atomic E-state index is 11.2. The molecular formula is C11H22N2O2. The summed E-state index contributed by atoms with van der Waals surface area (Å²) in [4.78, 5) is 22.5. The van der Waals surface area contributed by atoms with Gasteiger partial charge in [-0.25, -0.2) is 0 Å². The van der Waals surface area contributed by atoms with E-state index in [-0.39, 0.29) is 17.6 Å². The first-order valence-electron chi connectivity index (χ1n) is 5.52. The van der Waals surface area contributed by atoms with Crippen LogP contribution in [-0.4, -0.2) is 31.8 Å². The van der Waals surface area contributed by atoms with Crippen LogP contribution in [-0.2, 0) is 9.59 Å². The van der Waals surface area contributed by atoms with Gasteiger partial charge in [0.1, 0.15) is 5.78 Å². The lowest BCUT2D eigenvalue weighted by atomic mass is 10.0. The van der Waals surface area contributed by atoms with E-state index in [9.17, 15) is 9.59 Å². The summed E-state index contributed by atoms with van der Waals surface area (Å²) in [6.07, 6.45) is 1.59. The minimum atomic E-state index is -0.0277. The highest BCUT2D eigenvalue weighted by Crippen LogP contribution is 2.01. The Balaban J connectivity index is 3.45. The van der Waals surface area contributed by atoms with Crippen molar-refractivity contribution in [3.63, 3.8) is 0 Å². The molecule has 0 aliphatic rings. The van der Waals surface area contributed by atoms with Gasteiger partial charge in [0.05, 0.1) is 0 Å². The molecule has 15 heavy (non-hydrogen) atoms. The maximum absolute atomic E-state index is 11.2. The number of rotatable bonds is 8. The molecule has 0 atom stereocenters. The van der Waals surface area contributed by atoms with Crippen molar-refractivity contribution in [2.75, 3.05) is 20.1 Å². The van der Waals surface area contributed by atoms with Gasteiger partial charge in [-0.1, -0.05) is 13.8 Å². The van der Waals surface area contributed by atoms with E-state index < -0.39 is 0 Å². The molecule has 1 amide bonds. The molecule has 4 nitrogen and oxygen atoms in total. The smallest absolute Gasteiger partial charge is 0.220 e. The average Bonchev–Trinajstić information content (AvgIpc) is 2.20. The lowest BCUT2D eigenvalue weighted by molar-refractivity contribution is -0.126. The fraction of sp³-hybridized carbons (Fsp3) is 0.818. The van der Waals surface area contributed by atoms with Crippen molar-refractivity contribution in [1.29, 1.82) is 0 Å². The van der Waals surface area contributed by atoms with Crippen molar-refractivity contribution in [1.82, 2.24) is 10.6 Å². The molecule has 0 radical (unpaired) electrons. The van der Waals surface area contributed by atoms with E-state index in [0.29, 0.717) is 19.4 Å². The van der Waals surface area contributed by atoms with Crippen molar-refractivity contribution in [2.24, 2.45) is 5.92 Å². The monoisotopic (exact) mass is 214 g/mol. The zero-order valence-corrected chi connectivity index (χ0v) is 9.93. The summed E-state index contributed by atoms with van der Waals surface area (Å²) >= 11 is 0. The zero-order valence-electron chi connectivity index (χ0n) is 9.93. The van der Waals surface area contributed by atoms with Crippen LogP contribution in [0.5, 0.6) is 0 Å². The van der Waals surface area contributed by atoms with Crippen LogP contribution in [0, 0.1) is 5.92 Å². The number of amides is 1. The second-order valence-corrected chi connectivity index (χ2v) is 3.93. The summed E-state index contributed by atoms with van der Waals surface area (Å²) in [5, 5.41) is 5.78. The Morgan fingerprint density at radius 2 is 1.80 bits per heavy atom. The van der Waals surface area contributed by atoms with E-state index in [0.717, 1.165) is 13.0 Å². The molecule has 0 aliphatic carbocycles. The number of ketones is 1. The largest absolute Gasteiger partial charge is 0.356 e.